The molecule has 0 heterocycles. The van der Waals surface area contributed by atoms with Crippen LogP contribution in [0.4, 0.5) is 5.69 Å². The first kappa shape index (κ1) is 11.8. The van der Waals surface area contributed by atoms with Crippen molar-refractivity contribution < 1.29 is 9.53 Å². The average Bonchev–Trinajstić information content (AvgIpc) is 2.21. The largest absolute Gasteiger partial charge is 0.466 e. The molecule has 0 saturated carbocycles. The lowest BCUT2D eigenvalue weighted by molar-refractivity contribution is -0.134. The monoisotopic (exact) mass is 269 g/mol. The first-order valence-electron chi connectivity index (χ1n) is 4.40. The van der Waals surface area contributed by atoms with Gasteiger partial charge in [0.2, 0.25) is 0 Å². The van der Waals surface area contributed by atoms with Crippen LogP contribution >= 0.6 is 15.9 Å². The van der Waals surface area contributed by atoms with Gasteiger partial charge in [-0.2, -0.15) is 0 Å². The van der Waals surface area contributed by atoms with Crippen molar-refractivity contribution in [2.24, 2.45) is 0 Å². The number of nitrogens with one attached hydrogen (secondary N) is 1. The first-order valence-corrected chi connectivity index (χ1v) is 5.20. The number of anilines is 1. The first-order chi connectivity index (χ1) is 7.11. The van der Waals surface area contributed by atoms with Gasteiger partial charge >= 0.3 is 5.97 Å². The maximum absolute atomic E-state index is 10.9. The van der Waals surface area contributed by atoms with E-state index in [9.17, 15) is 4.79 Å². The Hall–Kier alpha value is -1.29. The second-order valence-electron chi connectivity index (χ2n) is 2.98. The van der Waals surface area contributed by atoms with Crippen molar-refractivity contribution in [1.82, 2.24) is 0 Å². The summed E-state index contributed by atoms with van der Waals surface area (Å²) in [6.45, 7) is 1.80. The Kier molecular flexibility index (Phi) is 4.37. The summed E-state index contributed by atoms with van der Waals surface area (Å²) in [6.07, 6.45) is 1.40. The number of hydrogen-bond acceptors (Lipinski definition) is 3. The molecule has 15 heavy (non-hydrogen) atoms. The maximum Gasteiger partial charge on any atom is 0.332 e. The van der Waals surface area contributed by atoms with Crippen LogP contribution in [0, 0.1) is 0 Å². The molecule has 0 bridgehead atoms. The van der Waals surface area contributed by atoms with Crippen LogP contribution in [0.25, 0.3) is 0 Å². The van der Waals surface area contributed by atoms with E-state index in [1.807, 2.05) is 24.3 Å². The summed E-state index contributed by atoms with van der Waals surface area (Å²) in [5, 5.41) is 3.07. The van der Waals surface area contributed by atoms with Crippen molar-refractivity contribution in [3.8, 4) is 0 Å². The summed E-state index contributed by atoms with van der Waals surface area (Å²) in [5.41, 5.74) is 1.67. The predicted octanol–water partition coefficient (Wildman–Crippen LogP) is 2.94. The molecule has 0 aliphatic carbocycles. The number of ether oxygens (including phenoxy) is 1. The number of hydrogen-bond donors (Lipinski definition) is 1. The Morgan fingerprint density at radius 3 is 2.53 bits per heavy atom. The van der Waals surface area contributed by atoms with E-state index in [-0.39, 0.29) is 5.97 Å². The summed E-state index contributed by atoms with van der Waals surface area (Å²) in [4.78, 5) is 10.9. The van der Waals surface area contributed by atoms with Gasteiger partial charge in [-0.15, -0.1) is 0 Å². The van der Waals surface area contributed by atoms with Gasteiger partial charge in [0.25, 0.3) is 0 Å². The molecule has 0 amide bonds. The summed E-state index contributed by atoms with van der Waals surface area (Å²) >= 11 is 3.35. The quantitative estimate of drug-likeness (QED) is 0.678. The standard InChI is InChI=1S/C11H12BrNO2/c1-8(7-11(14)15-2)13-10-5-3-9(12)4-6-10/h3-7,13H,1-2H3/b8-7+. The van der Waals surface area contributed by atoms with E-state index >= 15 is 0 Å². The molecule has 4 heteroatoms. The lowest BCUT2D eigenvalue weighted by Gasteiger charge is -2.05. The Balaban J connectivity index is 2.66. The number of methoxy groups -OCH3 is 1. The topological polar surface area (TPSA) is 38.3 Å². The van der Waals surface area contributed by atoms with Crippen molar-refractivity contribution in [3.05, 3.63) is 40.5 Å². The van der Waals surface area contributed by atoms with Gasteiger partial charge in [0.05, 0.1) is 7.11 Å². The molecule has 0 radical (unpaired) electrons. The molecular weight excluding hydrogens is 258 g/mol. The molecule has 1 rings (SSSR count). The Labute approximate surface area is 97.3 Å². The average molecular weight is 270 g/mol. The van der Waals surface area contributed by atoms with E-state index in [0.29, 0.717) is 0 Å². The van der Waals surface area contributed by atoms with Gasteiger partial charge in [-0.25, -0.2) is 4.79 Å². The number of allylic oxidation sites excluding steroid dienone is 1. The highest BCUT2D eigenvalue weighted by molar-refractivity contribution is 9.10. The van der Waals surface area contributed by atoms with Gasteiger partial charge in [-0.1, -0.05) is 15.9 Å². The van der Waals surface area contributed by atoms with Crippen LogP contribution in [0.2, 0.25) is 0 Å². The number of esters is 1. The van der Waals surface area contributed by atoms with E-state index in [0.717, 1.165) is 15.9 Å². The third kappa shape index (κ3) is 4.16. The molecule has 0 unspecified atom stereocenters. The van der Waals surface area contributed by atoms with Crippen LogP contribution in [-0.4, -0.2) is 13.1 Å². The van der Waals surface area contributed by atoms with Gasteiger partial charge in [-0.05, 0) is 31.2 Å². The number of benzene rings is 1. The molecule has 0 aliphatic rings. The van der Waals surface area contributed by atoms with Gasteiger partial charge in [0, 0.05) is 21.9 Å². The minimum atomic E-state index is -0.364. The highest BCUT2D eigenvalue weighted by Crippen LogP contribution is 2.15. The van der Waals surface area contributed by atoms with Crippen LogP contribution in [0.1, 0.15) is 6.92 Å². The summed E-state index contributed by atoms with van der Waals surface area (Å²) in [5.74, 6) is -0.364. The molecule has 0 atom stereocenters. The minimum absolute atomic E-state index is 0.364. The fourth-order valence-electron chi connectivity index (χ4n) is 1.03. The lowest BCUT2D eigenvalue weighted by Crippen LogP contribution is -2.01. The van der Waals surface area contributed by atoms with Gasteiger partial charge < -0.3 is 10.1 Å². The van der Waals surface area contributed by atoms with Gasteiger partial charge in [-0.3, -0.25) is 0 Å². The third-order valence-electron chi connectivity index (χ3n) is 1.72. The number of carbonyl (C=O) groups excluding carboxylic acids is 1. The molecule has 1 aromatic rings. The van der Waals surface area contributed by atoms with E-state index in [2.05, 4.69) is 26.0 Å². The normalized spacial score (nSPS) is 11.0. The van der Waals surface area contributed by atoms with Crippen LogP contribution in [-0.2, 0) is 9.53 Å². The zero-order valence-electron chi connectivity index (χ0n) is 8.58. The van der Waals surface area contributed by atoms with E-state index in [4.69, 9.17) is 0 Å². The number of halogens is 1. The van der Waals surface area contributed by atoms with Crippen LogP contribution in [0.5, 0.6) is 0 Å². The Morgan fingerprint density at radius 1 is 1.40 bits per heavy atom. The molecule has 1 N–H and O–H groups in total. The van der Waals surface area contributed by atoms with Gasteiger partial charge in [0.1, 0.15) is 0 Å². The zero-order valence-corrected chi connectivity index (χ0v) is 10.2. The molecule has 1 aromatic carbocycles. The molecule has 0 aliphatic heterocycles. The van der Waals surface area contributed by atoms with Crippen molar-refractivity contribution >= 4 is 27.6 Å². The molecular formula is C11H12BrNO2. The zero-order chi connectivity index (χ0) is 11.3. The van der Waals surface area contributed by atoms with Crippen molar-refractivity contribution in [2.75, 3.05) is 12.4 Å². The predicted molar refractivity (Wildman–Crippen MR) is 63.5 cm³/mol. The summed E-state index contributed by atoms with van der Waals surface area (Å²) in [7, 11) is 1.35. The Bertz CT molecular complexity index is 371. The molecule has 0 saturated heterocycles. The fraction of sp³-hybridized carbons (Fsp3) is 0.182. The number of carbonyl (C=O) groups is 1. The Morgan fingerprint density at radius 2 is 2.00 bits per heavy atom. The lowest BCUT2D eigenvalue weighted by atomic mass is 10.3. The highest BCUT2D eigenvalue weighted by atomic mass is 79.9. The van der Waals surface area contributed by atoms with Gasteiger partial charge in [0.15, 0.2) is 0 Å². The van der Waals surface area contributed by atoms with Crippen LogP contribution in [0.15, 0.2) is 40.5 Å². The minimum Gasteiger partial charge on any atom is -0.466 e. The van der Waals surface area contributed by atoms with E-state index in [1.165, 1.54) is 13.2 Å². The van der Waals surface area contributed by atoms with Crippen LogP contribution in [0.3, 0.4) is 0 Å². The second-order valence-corrected chi connectivity index (χ2v) is 3.90. The molecule has 0 aromatic heterocycles. The van der Waals surface area contributed by atoms with Crippen molar-refractivity contribution in [2.45, 2.75) is 6.92 Å². The number of rotatable bonds is 3. The maximum atomic E-state index is 10.9. The fourth-order valence-corrected chi connectivity index (χ4v) is 1.30. The smallest absolute Gasteiger partial charge is 0.332 e. The molecule has 80 valence electrons. The SMILES string of the molecule is COC(=O)/C=C(\C)Nc1ccc(Br)cc1. The summed E-state index contributed by atoms with van der Waals surface area (Å²) in [6, 6.07) is 7.68. The van der Waals surface area contributed by atoms with E-state index in [1.54, 1.807) is 6.92 Å². The second kappa shape index (κ2) is 5.56. The highest BCUT2D eigenvalue weighted by Gasteiger charge is 1.97. The van der Waals surface area contributed by atoms with Crippen molar-refractivity contribution in [3.63, 3.8) is 0 Å². The van der Waals surface area contributed by atoms with Crippen molar-refractivity contribution in [1.29, 1.82) is 0 Å². The molecule has 3 nitrogen and oxygen atoms in total. The summed E-state index contributed by atoms with van der Waals surface area (Å²) < 4.78 is 5.53. The van der Waals surface area contributed by atoms with E-state index < -0.39 is 0 Å². The van der Waals surface area contributed by atoms with Crippen LogP contribution < -0.4 is 5.32 Å². The molecule has 0 spiro atoms. The third-order valence-corrected chi connectivity index (χ3v) is 2.25. The molecule has 0 fully saturated rings.